The summed E-state index contributed by atoms with van der Waals surface area (Å²) >= 11 is 1.65. The number of rotatable bonds is 5. The number of nitrogens with one attached hydrogen (secondary N) is 2. The number of aryl methyl sites for hydroxylation is 2. The molecular formula is C20H27N3O3S. The highest BCUT2D eigenvalue weighted by atomic mass is 32.1. The van der Waals surface area contributed by atoms with E-state index >= 15 is 0 Å². The van der Waals surface area contributed by atoms with E-state index < -0.39 is 0 Å². The summed E-state index contributed by atoms with van der Waals surface area (Å²) in [6.45, 7) is 5.02. The van der Waals surface area contributed by atoms with Gasteiger partial charge in [0, 0.05) is 24.3 Å². The number of carbonyl (C=O) groups is 1. The molecule has 1 saturated heterocycles. The van der Waals surface area contributed by atoms with E-state index in [1.165, 1.54) is 10.4 Å². The zero-order valence-corrected chi connectivity index (χ0v) is 16.8. The molecule has 1 aliphatic carbocycles. The van der Waals surface area contributed by atoms with Crippen LogP contribution in [0.1, 0.15) is 55.8 Å². The van der Waals surface area contributed by atoms with E-state index in [1.807, 2.05) is 6.92 Å². The van der Waals surface area contributed by atoms with Crippen LogP contribution in [0.25, 0.3) is 10.2 Å². The lowest BCUT2D eigenvalue weighted by Gasteiger charge is -2.19. The van der Waals surface area contributed by atoms with E-state index in [2.05, 4.69) is 22.2 Å². The Balaban J connectivity index is 1.43. The fourth-order valence-electron chi connectivity index (χ4n) is 4.16. The average Bonchev–Trinajstić information content (AvgIpc) is 3.27. The van der Waals surface area contributed by atoms with Crippen molar-refractivity contribution in [2.75, 3.05) is 6.61 Å². The molecule has 1 fully saturated rings. The average molecular weight is 390 g/mol. The number of fused-ring (bicyclic) bond motifs is 3. The highest BCUT2D eigenvalue weighted by molar-refractivity contribution is 7.18. The highest BCUT2D eigenvalue weighted by Gasteiger charge is 2.24. The van der Waals surface area contributed by atoms with Crippen LogP contribution < -0.4 is 10.9 Å². The van der Waals surface area contributed by atoms with Gasteiger partial charge in [0.25, 0.3) is 5.56 Å². The Hall–Kier alpha value is -1.73. The van der Waals surface area contributed by atoms with Gasteiger partial charge in [-0.25, -0.2) is 4.98 Å². The molecule has 4 rings (SSSR count). The number of ether oxygens (including phenoxy) is 1. The summed E-state index contributed by atoms with van der Waals surface area (Å²) in [6, 6.07) is 0.0144. The number of aromatic nitrogens is 2. The van der Waals surface area contributed by atoms with Crippen LogP contribution in [0.5, 0.6) is 0 Å². The van der Waals surface area contributed by atoms with Crippen molar-refractivity contribution < 1.29 is 9.53 Å². The Bertz CT molecular complexity index is 898. The lowest BCUT2D eigenvalue weighted by Crippen LogP contribution is -2.40. The van der Waals surface area contributed by atoms with Gasteiger partial charge in [0.15, 0.2) is 0 Å². The molecule has 0 spiro atoms. The first-order valence-electron chi connectivity index (χ1n) is 9.95. The van der Waals surface area contributed by atoms with Crippen molar-refractivity contribution in [2.24, 2.45) is 5.92 Å². The van der Waals surface area contributed by atoms with Gasteiger partial charge in [0.05, 0.1) is 17.5 Å². The van der Waals surface area contributed by atoms with Crippen LogP contribution in [0.4, 0.5) is 0 Å². The van der Waals surface area contributed by atoms with Crippen LogP contribution >= 0.6 is 11.3 Å². The molecular weight excluding hydrogens is 362 g/mol. The quantitative estimate of drug-likeness (QED) is 0.824. The monoisotopic (exact) mass is 389 g/mol. The number of carbonyl (C=O) groups excluding carboxylic acids is 1. The Morgan fingerprint density at radius 2 is 2.30 bits per heavy atom. The molecule has 3 atom stereocenters. The van der Waals surface area contributed by atoms with Crippen LogP contribution in [0.2, 0.25) is 0 Å². The second-order valence-electron chi connectivity index (χ2n) is 7.95. The summed E-state index contributed by atoms with van der Waals surface area (Å²) < 4.78 is 5.62. The molecule has 0 radical (unpaired) electrons. The minimum Gasteiger partial charge on any atom is -0.376 e. The molecule has 3 heterocycles. The first kappa shape index (κ1) is 18.6. The molecule has 1 amide bonds. The lowest BCUT2D eigenvalue weighted by atomic mass is 9.89. The molecule has 2 aromatic rings. The predicted molar refractivity (Wildman–Crippen MR) is 106 cm³/mol. The van der Waals surface area contributed by atoms with Crippen molar-refractivity contribution in [2.45, 2.75) is 70.9 Å². The summed E-state index contributed by atoms with van der Waals surface area (Å²) in [5.41, 5.74) is 1.13. The first-order chi connectivity index (χ1) is 13.0. The summed E-state index contributed by atoms with van der Waals surface area (Å²) in [5.74, 6) is 1.23. The summed E-state index contributed by atoms with van der Waals surface area (Å²) in [7, 11) is 0. The zero-order chi connectivity index (χ0) is 19.0. The van der Waals surface area contributed by atoms with E-state index in [1.54, 1.807) is 11.3 Å². The highest BCUT2D eigenvalue weighted by Crippen LogP contribution is 2.35. The number of aromatic amines is 1. The van der Waals surface area contributed by atoms with Crippen molar-refractivity contribution in [3.8, 4) is 0 Å². The van der Waals surface area contributed by atoms with Gasteiger partial charge in [-0.3, -0.25) is 9.59 Å². The minimum absolute atomic E-state index is 0.0144. The number of hydrogen-bond acceptors (Lipinski definition) is 5. The normalized spacial score (nSPS) is 23.3. The van der Waals surface area contributed by atoms with Crippen molar-refractivity contribution in [3.63, 3.8) is 0 Å². The number of hydrogen-bond donors (Lipinski definition) is 2. The van der Waals surface area contributed by atoms with Gasteiger partial charge < -0.3 is 15.0 Å². The second-order valence-corrected chi connectivity index (χ2v) is 9.04. The van der Waals surface area contributed by atoms with Crippen molar-refractivity contribution in [1.29, 1.82) is 0 Å². The molecule has 2 aromatic heterocycles. The molecule has 0 unspecified atom stereocenters. The molecule has 2 N–H and O–H groups in total. The van der Waals surface area contributed by atoms with Crippen LogP contribution in [0.15, 0.2) is 4.79 Å². The smallest absolute Gasteiger partial charge is 0.259 e. The van der Waals surface area contributed by atoms with E-state index in [9.17, 15) is 9.59 Å². The molecule has 146 valence electrons. The Morgan fingerprint density at radius 1 is 1.44 bits per heavy atom. The summed E-state index contributed by atoms with van der Waals surface area (Å²) in [6.07, 6.45) is 6.04. The van der Waals surface area contributed by atoms with Gasteiger partial charge in [-0.1, -0.05) is 6.92 Å². The van der Waals surface area contributed by atoms with E-state index in [0.29, 0.717) is 24.6 Å². The third-order valence-corrected chi connectivity index (χ3v) is 6.86. The predicted octanol–water partition coefficient (Wildman–Crippen LogP) is 2.73. The zero-order valence-electron chi connectivity index (χ0n) is 16.0. The Morgan fingerprint density at radius 3 is 3.07 bits per heavy atom. The van der Waals surface area contributed by atoms with Crippen LogP contribution in [-0.4, -0.2) is 34.6 Å². The van der Waals surface area contributed by atoms with Gasteiger partial charge >= 0.3 is 0 Å². The van der Waals surface area contributed by atoms with Gasteiger partial charge in [-0.15, -0.1) is 11.3 Å². The van der Waals surface area contributed by atoms with Crippen LogP contribution in [0, 0.1) is 5.92 Å². The minimum atomic E-state index is -0.0600. The molecule has 0 saturated carbocycles. The molecule has 6 nitrogen and oxygen atoms in total. The lowest BCUT2D eigenvalue weighted by molar-refractivity contribution is -0.122. The Labute approximate surface area is 162 Å². The topological polar surface area (TPSA) is 84.1 Å². The van der Waals surface area contributed by atoms with Crippen molar-refractivity contribution >= 4 is 27.5 Å². The molecule has 27 heavy (non-hydrogen) atoms. The maximum Gasteiger partial charge on any atom is 0.259 e. The van der Waals surface area contributed by atoms with Gasteiger partial charge in [0.1, 0.15) is 10.7 Å². The van der Waals surface area contributed by atoms with Crippen molar-refractivity contribution in [1.82, 2.24) is 15.3 Å². The fraction of sp³-hybridized carbons (Fsp3) is 0.650. The number of H-pyrrole nitrogens is 1. The third kappa shape index (κ3) is 3.94. The number of amides is 1. The molecule has 0 bridgehead atoms. The standard InChI is InChI=1S/C20H27N3O3S/c1-11-5-6-13-15(10-11)27-20-18(13)19(25)22-16(23-20)7-8-17(24)21-12(2)14-4-3-9-26-14/h11-12,14H,3-10H2,1-2H3,(H,21,24)(H,22,23,25)/t11-,12+,14-/m1/s1. The molecule has 0 aromatic carbocycles. The van der Waals surface area contributed by atoms with E-state index in [0.717, 1.165) is 48.9 Å². The van der Waals surface area contributed by atoms with Crippen LogP contribution in [0.3, 0.4) is 0 Å². The van der Waals surface area contributed by atoms with Gasteiger partial charge in [0.2, 0.25) is 5.91 Å². The second kappa shape index (κ2) is 7.72. The SMILES string of the molecule is C[C@@H]1CCc2c(sc3nc(CCC(=O)N[C@@H](C)[C@H]4CCCO4)[nH]c(=O)c23)C1. The van der Waals surface area contributed by atoms with Gasteiger partial charge in [-0.05, 0) is 50.5 Å². The van der Waals surface area contributed by atoms with Gasteiger partial charge in [-0.2, -0.15) is 0 Å². The maximum absolute atomic E-state index is 12.6. The fourth-order valence-corrected chi connectivity index (χ4v) is 5.56. The summed E-state index contributed by atoms with van der Waals surface area (Å²) in [4.78, 5) is 34.5. The largest absolute Gasteiger partial charge is 0.376 e. The van der Waals surface area contributed by atoms with E-state index in [4.69, 9.17) is 4.74 Å². The van der Waals surface area contributed by atoms with Crippen molar-refractivity contribution in [3.05, 3.63) is 26.6 Å². The summed E-state index contributed by atoms with van der Waals surface area (Å²) in [5, 5.41) is 3.77. The number of thiophene rings is 1. The third-order valence-electron chi connectivity index (χ3n) is 5.71. The molecule has 1 aliphatic heterocycles. The number of nitrogens with zero attached hydrogens (tertiary/aromatic N) is 1. The van der Waals surface area contributed by atoms with Crippen LogP contribution in [-0.2, 0) is 28.8 Å². The molecule has 7 heteroatoms. The first-order valence-corrected chi connectivity index (χ1v) is 10.8. The Kier molecular flexibility index (Phi) is 5.32. The van der Waals surface area contributed by atoms with E-state index in [-0.39, 0.29) is 23.6 Å². The molecule has 2 aliphatic rings. The maximum atomic E-state index is 12.6.